The van der Waals surface area contributed by atoms with Crippen LogP contribution in [0.4, 0.5) is 0 Å². The topological polar surface area (TPSA) is 3.24 Å². The summed E-state index contributed by atoms with van der Waals surface area (Å²) in [7, 11) is 4.12. The molecule has 0 heterocycles. The lowest BCUT2D eigenvalue weighted by Gasteiger charge is -2.13. The van der Waals surface area contributed by atoms with E-state index < -0.39 is 0 Å². The van der Waals surface area contributed by atoms with Crippen molar-refractivity contribution in [2.45, 2.75) is 34.6 Å². The molecular weight excluding hydrogens is 122 g/mol. The van der Waals surface area contributed by atoms with Crippen molar-refractivity contribution in [3.05, 3.63) is 11.3 Å². The molecule has 0 amide bonds. The minimum atomic E-state index is 1.35. The number of allylic oxidation sites excluding steroid dienone is 2. The molecule has 1 nitrogen and oxygen atoms in total. The molecule has 0 aliphatic heterocycles. The molecule has 0 aromatic rings. The van der Waals surface area contributed by atoms with Crippen LogP contribution in [0.2, 0.25) is 0 Å². The standard InChI is InChI=1S/C7H15N.C2H6/c1-6(2)7(3)8(4)5;1-2/h1-5H3;1-2H3. The van der Waals surface area contributed by atoms with E-state index in [0.29, 0.717) is 0 Å². The van der Waals surface area contributed by atoms with Crippen molar-refractivity contribution in [1.82, 2.24) is 4.90 Å². The minimum absolute atomic E-state index is 1.35. The second-order valence-corrected chi connectivity index (χ2v) is 2.48. The van der Waals surface area contributed by atoms with Gasteiger partial charge in [-0.1, -0.05) is 19.4 Å². The van der Waals surface area contributed by atoms with E-state index in [0.717, 1.165) is 0 Å². The Bertz CT molecular complexity index is 97.3. The van der Waals surface area contributed by atoms with Gasteiger partial charge >= 0.3 is 0 Å². The summed E-state index contributed by atoms with van der Waals surface area (Å²) in [4.78, 5) is 2.12. The Balaban J connectivity index is 0. The van der Waals surface area contributed by atoms with Gasteiger partial charge in [0.2, 0.25) is 0 Å². The Labute approximate surface area is 65.7 Å². The normalized spacial score (nSPS) is 7.50. The average molecular weight is 143 g/mol. The molecule has 0 fully saturated rings. The third kappa shape index (κ3) is 5.67. The van der Waals surface area contributed by atoms with Crippen LogP contribution in [0, 0.1) is 0 Å². The summed E-state index contributed by atoms with van der Waals surface area (Å²) in [5.41, 5.74) is 2.74. The van der Waals surface area contributed by atoms with Gasteiger partial charge in [0.15, 0.2) is 0 Å². The van der Waals surface area contributed by atoms with Crippen LogP contribution in [0.3, 0.4) is 0 Å². The third-order valence-electron chi connectivity index (χ3n) is 1.39. The van der Waals surface area contributed by atoms with E-state index in [2.05, 4.69) is 39.8 Å². The van der Waals surface area contributed by atoms with E-state index >= 15 is 0 Å². The summed E-state index contributed by atoms with van der Waals surface area (Å²) >= 11 is 0. The van der Waals surface area contributed by atoms with Gasteiger partial charge in [-0.05, 0) is 20.8 Å². The zero-order valence-corrected chi connectivity index (χ0v) is 8.45. The van der Waals surface area contributed by atoms with E-state index in [4.69, 9.17) is 0 Å². The number of hydrogen-bond acceptors (Lipinski definition) is 1. The number of nitrogens with zero attached hydrogens (tertiary/aromatic N) is 1. The van der Waals surface area contributed by atoms with Gasteiger partial charge in [0.05, 0.1) is 0 Å². The zero-order valence-electron chi connectivity index (χ0n) is 8.45. The summed E-state index contributed by atoms with van der Waals surface area (Å²) in [6.07, 6.45) is 0. The van der Waals surface area contributed by atoms with Gasteiger partial charge < -0.3 is 4.90 Å². The maximum Gasteiger partial charge on any atom is 0.00821 e. The quantitative estimate of drug-likeness (QED) is 0.545. The van der Waals surface area contributed by atoms with Crippen LogP contribution >= 0.6 is 0 Å². The molecule has 1 heteroatoms. The highest BCUT2D eigenvalue weighted by Gasteiger charge is 1.90. The van der Waals surface area contributed by atoms with Crippen LogP contribution in [0.25, 0.3) is 0 Å². The SMILES string of the molecule is CC.CC(C)=C(C)N(C)C. The highest BCUT2D eigenvalue weighted by molar-refractivity contribution is 5.03. The molecule has 0 radical (unpaired) electrons. The first kappa shape index (κ1) is 12.2. The lowest BCUT2D eigenvalue weighted by molar-refractivity contribution is 0.507. The van der Waals surface area contributed by atoms with Gasteiger partial charge in [-0.3, -0.25) is 0 Å². The summed E-state index contributed by atoms with van der Waals surface area (Å²) in [6, 6.07) is 0. The number of hydrogen-bond donors (Lipinski definition) is 0. The van der Waals surface area contributed by atoms with Crippen molar-refractivity contribution >= 4 is 0 Å². The van der Waals surface area contributed by atoms with Gasteiger partial charge in [0, 0.05) is 19.8 Å². The Hall–Kier alpha value is -0.460. The van der Waals surface area contributed by atoms with E-state index in [1.165, 1.54) is 11.3 Å². The summed E-state index contributed by atoms with van der Waals surface area (Å²) < 4.78 is 0. The third-order valence-corrected chi connectivity index (χ3v) is 1.39. The lowest BCUT2D eigenvalue weighted by atomic mass is 10.3. The molecule has 10 heavy (non-hydrogen) atoms. The first-order valence-electron chi connectivity index (χ1n) is 3.87. The summed E-state index contributed by atoms with van der Waals surface area (Å²) in [5.74, 6) is 0. The van der Waals surface area contributed by atoms with Gasteiger partial charge in [0.25, 0.3) is 0 Å². The monoisotopic (exact) mass is 143 g/mol. The van der Waals surface area contributed by atoms with Crippen molar-refractivity contribution in [1.29, 1.82) is 0 Å². The van der Waals surface area contributed by atoms with Gasteiger partial charge in [-0.15, -0.1) is 0 Å². The molecule has 0 N–H and O–H groups in total. The molecule has 0 rings (SSSR count). The highest BCUT2D eigenvalue weighted by atomic mass is 15.1. The Morgan fingerprint density at radius 3 is 1.20 bits per heavy atom. The molecular formula is C9H21N. The predicted molar refractivity (Wildman–Crippen MR) is 49.1 cm³/mol. The van der Waals surface area contributed by atoms with E-state index in [1.54, 1.807) is 0 Å². The second kappa shape index (κ2) is 6.66. The molecule has 0 unspecified atom stereocenters. The molecule has 0 spiro atoms. The minimum Gasteiger partial charge on any atom is -0.381 e. The average Bonchev–Trinajstić information content (AvgIpc) is 1.90. The molecule has 0 aromatic carbocycles. The molecule has 0 bridgehead atoms. The molecule has 62 valence electrons. The molecule has 0 aliphatic carbocycles. The molecule has 0 aliphatic rings. The summed E-state index contributed by atoms with van der Waals surface area (Å²) in [5, 5.41) is 0. The van der Waals surface area contributed by atoms with Crippen LogP contribution < -0.4 is 0 Å². The van der Waals surface area contributed by atoms with E-state index in [1.807, 2.05) is 13.8 Å². The fourth-order valence-corrected chi connectivity index (χ4v) is 0.447. The van der Waals surface area contributed by atoms with Crippen molar-refractivity contribution in [3.63, 3.8) is 0 Å². The fourth-order valence-electron chi connectivity index (χ4n) is 0.447. The Kier molecular flexibility index (Phi) is 8.15. The van der Waals surface area contributed by atoms with Crippen LogP contribution in [-0.4, -0.2) is 19.0 Å². The first-order chi connectivity index (χ1) is 4.55. The van der Waals surface area contributed by atoms with Gasteiger partial charge in [-0.2, -0.15) is 0 Å². The largest absolute Gasteiger partial charge is 0.381 e. The Morgan fingerprint density at radius 1 is 0.900 bits per heavy atom. The van der Waals surface area contributed by atoms with Crippen LogP contribution in [0.15, 0.2) is 11.3 Å². The molecule has 0 saturated carbocycles. The highest BCUT2D eigenvalue weighted by Crippen LogP contribution is 2.02. The maximum absolute atomic E-state index is 2.12. The lowest BCUT2D eigenvalue weighted by Crippen LogP contribution is -2.08. The van der Waals surface area contributed by atoms with Crippen molar-refractivity contribution in [2.24, 2.45) is 0 Å². The first-order valence-corrected chi connectivity index (χ1v) is 3.87. The van der Waals surface area contributed by atoms with Crippen LogP contribution in [0.1, 0.15) is 34.6 Å². The smallest absolute Gasteiger partial charge is 0.00821 e. The zero-order chi connectivity index (χ0) is 8.73. The summed E-state index contributed by atoms with van der Waals surface area (Å²) in [6.45, 7) is 10.4. The van der Waals surface area contributed by atoms with Gasteiger partial charge in [0.1, 0.15) is 0 Å². The predicted octanol–water partition coefficient (Wildman–Crippen LogP) is 2.89. The number of rotatable bonds is 1. The van der Waals surface area contributed by atoms with E-state index in [9.17, 15) is 0 Å². The second-order valence-electron chi connectivity index (χ2n) is 2.48. The Morgan fingerprint density at radius 2 is 1.20 bits per heavy atom. The van der Waals surface area contributed by atoms with E-state index in [-0.39, 0.29) is 0 Å². The van der Waals surface area contributed by atoms with Crippen molar-refractivity contribution in [2.75, 3.05) is 14.1 Å². The maximum atomic E-state index is 2.12. The van der Waals surface area contributed by atoms with Crippen molar-refractivity contribution in [3.8, 4) is 0 Å². The van der Waals surface area contributed by atoms with Crippen molar-refractivity contribution < 1.29 is 0 Å². The van der Waals surface area contributed by atoms with Crippen LogP contribution in [-0.2, 0) is 0 Å². The molecule has 0 atom stereocenters. The fraction of sp³-hybridized carbons (Fsp3) is 0.778. The molecule has 0 aromatic heterocycles. The van der Waals surface area contributed by atoms with Gasteiger partial charge in [-0.25, -0.2) is 0 Å². The van der Waals surface area contributed by atoms with Crippen LogP contribution in [0.5, 0.6) is 0 Å². The molecule has 0 saturated heterocycles.